The van der Waals surface area contributed by atoms with Gasteiger partial charge in [-0.3, -0.25) is 10.1 Å². The van der Waals surface area contributed by atoms with Crippen LogP contribution in [0.25, 0.3) is 0 Å². The van der Waals surface area contributed by atoms with Crippen molar-refractivity contribution in [2.75, 3.05) is 0 Å². The molecule has 3 heteroatoms. The molecule has 3 nitrogen and oxygen atoms in total. The molecule has 0 unspecified atom stereocenters. The summed E-state index contributed by atoms with van der Waals surface area (Å²) in [5.74, 6) is 39.5. The van der Waals surface area contributed by atoms with Crippen LogP contribution >= 0.6 is 0 Å². The Labute approximate surface area is 228 Å². The summed E-state index contributed by atoms with van der Waals surface area (Å²) >= 11 is 0. The molecule has 1 aromatic carbocycles. The second-order valence-electron chi connectivity index (χ2n) is 9.73. The van der Waals surface area contributed by atoms with Crippen LogP contribution in [0.15, 0.2) is 12.1 Å². The van der Waals surface area contributed by atoms with E-state index in [9.17, 15) is 9.90 Å². The molecule has 0 aliphatic heterocycles. The topological polar surface area (TPSA) is 49.3 Å². The minimum atomic E-state index is -0.225. The first-order valence-electron chi connectivity index (χ1n) is 11.6. The van der Waals surface area contributed by atoms with E-state index in [0.29, 0.717) is 12.2 Å². The zero-order chi connectivity index (χ0) is 28.4. The molecule has 38 heavy (non-hydrogen) atoms. The van der Waals surface area contributed by atoms with Crippen molar-refractivity contribution in [3.63, 3.8) is 0 Å². The maximum absolute atomic E-state index is 12.2. The lowest BCUT2D eigenvalue weighted by Crippen LogP contribution is -2.20. The minimum absolute atomic E-state index is 0.216. The Hall–Kier alpha value is -5.47. The Morgan fingerprint density at radius 2 is 1.08 bits per heavy atom. The van der Waals surface area contributed by atoms with Crippen molar-refractivity contribution in [3.05, 3.63) is 28.8 Å². The molecule has 184 valence electrons. The monoisotopic (exact) mass is 493 g/mol. The smallest absolute Gasteiger partial charge is 0.231 e. The Morgan fingerprint density at radius 3 is 1.45 bits per heavy atom. The molecule has 0 spiro atoms. The highest BCUT2D eigenvalue weighted by Crippen LogP contribution is 2.39. The second kappa shape index (κ2) is 15.5. The quantitative estimate of drug-likeness (QED) is 0.499. The van der Waals surface area contributed by atoms with Gasteiger partial charge in [0.1, 0.15) is 5.75 Å². The summed E-state index contributed by atoms with van der Waals surface area (Å²) in [6.45, 7) is 12.3. The molecule has 1 aromatic rings. The van der Waals surface area contributed by atoms with Crippen LogP contribution in [-0.2, 0) is 22.0 Å². The third-order valence-corrected chi connectivity index (χ3v) is 4.64. The van der Waals surface area contributed by atoms with Crippen molar-refractivity contribution < 1.29 is 9.90 Å². The first-order chi connectivity index (χ1) is 18.0. The average Bonchev–Trinajstić information content (AvgIpc) is 2.83. The first-order valence-corrected chi connectivity index (χ1v) is 11.6. The lowest BCUT2D eigenvalue weighted by Gasteiger charge is -2.28. The van der Waals surface area contributed by atoms with Gasteiger partial charge >= 0.3 is 0 Å². The predicted octanol–water partition coefficient (Wildman–Crippen LogP) is 3.65. The number of aromatic hydroxyl groups is 1. The van der Waals surface area contributed by atoms with Crippen LogP contribution in [0.4, 0.5) is 0 Å². The van der Waals surface area contributed by atoms with E-state index in [1.807, 2.05) is 12.1 Å². The van der Waals surface area contributed by atoms with E-state index in [-0.39, 0.29) is 23.2 Å². The fourth-order valence-electron chi connectivity index (χ4n) is 2.88. The standard InChI is InChI=1S/C35H27NO2/c1-8-9-10-11-12-13-14-15-16-17-18-19-20-21-22-23-26-36-32(37)25-24-29-27-30(34(2,3)4)33(38)31(28-29)35(5,6)7/h1,27-28,38H,24-25H2,2-7H3,(H,36,37). The van der Waals surface area contributed by atoms with Gasteiger partial charge in [0.15, 0.2) is 0 Å². The number of hydrogen-bond donors (Lipinski definition) is 2. The van der Waals surface area contributed by atoms with Crippen molar-refractivity contribution in [2.24, 2.45) is 0 Å². The van der Waals surface area contributed by atoms with Gasteiger partial charge in [-0.15, -0.1) is 6.42 Å². The van der Waals surface area contributed by atoms with Crippen molar-refractivity contribution in [1.29, 1.82) is 0 Å². The summed E-state index contributed by atoms with van der Waals surface area (Å²) in [5, 5.41) is 13.3. The Bertz CT molecular complexity index is 1590. The second-order valence-corrected chi connectivity index (χ2v) is 9.73. The van der Waals surface area contributed by atoms with Crippen LogP contribution in [0.2, 0.25) is 0 Å². The summed E-state index contributed by atoms with van der Waals surface area (Å²) < 4.78 is 0. The van der Waals surface area contributed by atoms with Crippen LogP contribution in [0.1, 0.15) is 64.7 Å². The number of nitrogens with one attached hydrogen (secondary N) is 1. The molecule has 1 amide bonds. The highest BCUT2D eigenvalue weighted by Gasteiger charge is 2.26. The molecule has 0 aliphatic carbocycles. The van der Waals surface area contributed by atoms with Gasteiger partial charge in [0.05, 0.1) is 0 Å². The molecule has 0 bridgehead atoms. The highest BCUT2D eigenvalue weighted by molar-refractivity contribution is 5.78. The number of phenols is 1. The van der Waals surface area contributed by atoms with Crippen molar-refractivity contribution in [3.8, 4) is 113 Å². The summed E-state index contributed by atoms with van der Waals surface area (Å²) in [6, 6.07) is 6.47. The number of benzene rings is 1. The van der Waals surface area contributed by atoms with Crippen LogP contribution < -0.4 is 5.32 Å². The third kappa shape index (κ3) is 12.3. The van der Waals surface area contributed by atoms with Crippen LogP contribution in [-0.4, -0.2) is 11.0 Å². The van der Waals surface area contributed by atoms with Crippen LogP contribution in [0, 0.1) is 107 Å². The first kappa shape index (κ1) is 30.6. The normalized spacial score (nSPS) is 8.55. The van der Waals surface area contributed by atoms with Crippen LogP contribution in [0.3, 0.4) is 0 Å². The molecular formula is C35H27NO2. The number of phenolic OH excluding ortho intramolecular Hbond substituents is 1. The Kier molecular flexibility index (Phi) is 12.5. The molecule has 0 radical (unpaired) electrons. The molecule has 2 N–H and O–H groups in total. The molecule has 0 fully saturated rings. The van der Waals surface area contributed by atoms with E-state index in [4.69, 9.17) is 6.42 Å². The van der Waals surface area contributed by atoms with E-state index in [0.717, 1.165) is 16.7 Å². The van der Waals surface area contributed by atoms with Gasteiger partial charge in [-0.05, 0) is 81.3 Å². The molecule has 0 saturated carbocycles. The molecule has 0 atom stereocenters. The van der Waals surface area contributed by atoms with Crippen LogP contribution in [0.5, 0.6) is 5.75 Å². The summed E-state index contributed by atoms with van der Waals surface area (Å²) in [5.41, 5.74) is 2.29. The maximum atomic E-state index is 12.2. The predicted molar refractivity (Wildman–Crippen MR) is 153 cm³/mol. The molecule has 0 aromatic heterocycles. The lowest BCUT2D eigenvalue weighted by atomic mass is 9.78. The highest BCUT2D eigenvalue weighted by atomic mass is 16.3. The number of terminal acetylenes is 1. The molecule has 0 saturated heterocycles. The third-order valence-electron chi connectivity index (χ3n) is 4.64. The molecule has 1 rings (SSSR count). The van der Waals surface area contributed by atoms with Crippen molar-refractivity contribution >= 4 is 5.91 Å². The number of hydrogen-bond acceptors (Lipinski definition) is 2. The SMILES string of the molecule is C#CC#CC#CC#CC#CC#CC#CC#CC#CNC(=O)CCc1cc(C(C)(C)C)c(O)c(C(C)(C)C)c1. The number of carbonyl (C=O) groups is 1. The van der Waals surface area contributed by atoms with Gasteiger partial charge in [0, 0.05) is 59.8 Å². The molecular weight excluding hydrogens is 466 g/mol. The zero-order valence-electron chi connectivity index (χ0n) is 22.5. The fourth-order valence-corrected chi connectivity index (χ4v) is 2.88. The van der Waals surface area contributed by atoms with Gasteiger partial charge in [-0.25, -0.2) is 0 Å². The van der Waals surface area contributed by atoms with Crippen molar-refractivity contribution in [2.45, 2.75) is 65.2 Å². The van der Waals surface area contributed by atoms with Gasteiger partial charge in [0.2, 0.25) is 5.91 Å². The average molecular weight is 494 g/mol. The van der Waals surface area contributed by atoms with E-state index in [1.165, 1.54) is 0 Å². The minimum Gasteiger partial charge on any atom is -0.507 e. The van der Waals surface area contributed by atoms with Gasteiger partial charge in [-0.2, -0.15) is 0 Å². The number of aryl methyl sites for hydroxylation is 1. The van der Waals surface area contributed by atoms with E-state index >= 15 is 0 Å². The summed E-state index contributed by atoms with van der Waals surface area (Å²) in [6.07, 6.45) is 5.73. The summed E-state index contributed by atoms with van der Waals surface area (Å²) in [7, 11) is 0. The lowest BCUT2D eigenvalue weighted by molar-refractivity contribution is -0.119. The van der Waals surface area contributed by atoms with E-state index in [2.05, 4.69) is 148 Å². The largest absolute Gasteiger partial charge is 0.507 e. The fraction of sp³-hybridized carbons (Fsp3) is 0.286. The Balaban J connectivity index is 2.66. The van der Waals surface area contributed by atoms with E-state index < -0.39 is 0 Å². The number of amides is 1. The maximum Gasteiger partial charge on any atom is 0.231 e. The summed E-state index contributed by atoms with van der Waals surface area (Å²) in [4.78, 5) is 12.2. The Morgan fingerprint density at radius 1 is 0.711 bits per heavy atom. The number of carbonyl (C=O) groups excluding carboxylic acids is 1. The van der Waals surface area contributed by atoms with Gasteiger partial charge in [0.25, 0.3) is 0 Å². The van der Waals surface area contributed by atoms with Gasteiger partial charge in [-0.1, -0.05) is 53.7 Å². The molecule has 0 heterocycles. The van der Waals surface area contributed by atoms with Crippen molar-refractivity contribution in [1.82, 2.24) is 5.32 Å². The van der Waals surface area contributed by atoms with Gasteiger partial charge < -0.3 is 5.11 Å². The molecule has 0 aliphatic rings. The van der Waals surface area contributed by atoms with E-state index in [1.54, 1.807) is 0 Å². The zero-order valence-corrected chi connectivity index (χ0v) is 22.5. The number of rotatable bonds is 3.